The highest BCUT2D eigenvalue weighted by atomic mass is 79.9. The minimum atomic E-state index is 0.863. The van der Waals surface area contributed by atoms with E-state index < -0.39 is 0 Å². The normalized spacial score (nSPS) is 11.6. The van der Waals surface area contributed by atoms with E-state index in [1.54, 1.807) is 17.6 Å². The molecule has 0 bridgehead atoms. The first-order valence-corrected chi connectivity index (χ1v) is 8.38. The van der Waals surface area contributed by atoms with Crippen LogP contribution >= 0.6 is 27.3 Å². The summed E-state index contributed by atoms with van der Waals surface area (Å²) in [6, 6.07) is 6.09. The average Bonchev–Trinajstić information content (AvgIpc) is 2.83. The van der Waals surface area contributed by atoms with E-state index in [9.17, 15) is 0 Å². The number of aromatic nitrogens is 1. The number of aliphatic hydroxyl groups excluding tert-OH is 1. The first-order valence-electron chi connectivity index (χ1n) is 6.77. The number of rotatable bonds is 3. The maximum Gasteiger partial charge on any atom is 0.260 e. The lowest BCUT2D eigenvalue weighted by Crippen LogP contribution is -2.26. The smallest absolute Gasteiger partial charge is 0.260 e. The highest BCUT2D eigenvalue weighted by Gasteiger charge is 2.10. The standard InChI is InChI=1S/C14H13BrN2OS.CH4O/c1-2-3-4-13-16-12-8-18-17-11-7-9(15)5-6-10(11)14(12)19-13;1-2/h5-8H,2-4H2,1H3;2H,1H3/p+1. The van der Waals surface area contributed by atoms with Crippen LogP contribution in [0.2, 0.25) is 0 Å². The van der Waals surface area contributed by atoms with Gasteiger partial charge in [-0.1, -0.05) is 45.8 Å². The number of nitrogens with one attached hydrogen (secondary N) is 1. The van der Waals surface area contributed by atoms with Gasteiger partial charge in [-0.3, -0.25) is 0 Å². The molecule has 2 heterocycles. The molecule has 0 fully saturated rings. The number of aryl methyl sites for hydroxylation is 1. The minimum absolute atomic E-state index is 0.863. The van der Waals surface area contributed by atoms with Gasteiger partial charge in [0.25, 0.3) is 5.35 Å². The number of aliphatic hydroxyl groups is 1. The van der Waals surface area contributed by atoms with Crippen molar-refractivity contribution in [3.8, 4) is 0 Å². The van der Waals surface area contributed by atoms with Gasteiger partial charge in [0.05, 0.1) is 0 Å². The summed E-state index contributed by atoms with van der Waals surface area (Å²) in [5.41, 5.74) is 0. The molecule has 0 atom stereocenters. The summed E-state index contributed by atoms with van der Waals surface area (Å²) < 4.78 is 2.21. The molecule has 0 unspecified atom stereocenters. The molecule has 0 saturated carbocycles. The van der Waals surface area contributed by atoms with Crippen LogP contribution in [0.25, 0.3) is 6.26 Å². The molecular weight excluding hydrogens is 352 g/mol. The van der Waals surface area contributed by atoms with Gasteiger partial charge in [-0.15, -0.1) is 0 Å². The molecule has 21 heavy (non-hydrogen) atoms. The SMILES string of the molecule is CCCCc1[nH+]c2c(s1)=c1ccc(Br)cc1=NOC=2.CO. The van der Waals surface area contributed by atoms with Crippen LogP contribution in [0.4, 0.5) is 0 Å². The molecule has 3 rings (SSSR count). The van der Waals surface area contributed by atoms with E-state index in [0.29, 0.717) is 0 Å². The summed E-state index contributed by atoms with van der Waals surface area (Å²) in [6.07, 6.45) is 5.18. The molecule has 2 N–H and O–H groups in total. The van der Waals surface area contributed by atoms with Crippen molar-refractivity contribution in [2.24, 2.45) is 5.16 Å². The third-order valence-electron chi connectivity index (χ3n) is 3.03. The van der Waals surface area contributed by atoms with E-state index in [2.05, 4.69) is 39.1 Å². The van der Waals surface area contributed by atoms with Gasteiger partial charge in [0.2, 0.25) is 5.01 Å². The Kier molecular flexibility index (Phi) is 5.90. The van der Waals surface area contributed by atoms with Crippen LogP contribution in [0.15, 0.2) is 27.8 Å². The lowest BCUT2D eigenvalue weighted by molar-refractivity contribution is -0.400. The second-order valence-electron chi connectivity index (χ2n) is 4.47. The molecule has 0 radical (unpaired) electrons. The van der Waals surface area contributed by atoms with Gasteiger partial charge >= 0.3 is 0 Å². The zero-order chi connectivity index (χ0) is 15.2. The Balaban J connectivity index is 0.000000774. The fourth-order valence-corrected chi connectivity index (χ4v) is 3.55. The van der Waals surface area contributed by atoms with Gasteiger partial charge in [0, 0.05) is 23.2 Å². The number of fused-ring (bicyclic) bond motifs is 2. The Morgan fingerprint density at radius 3 is 2.95 bits per heavy atom. The highest BCUT2D eigenvalue weighted by Crippen LogP contribution is 2.09. The van der Waals surface area contributed by atoms with Crippen LogP contribution in [0, 0.1) is 9.75 Å². The summed E-state index contributed by atoms with van der Waals surface area (Å²) in [5, 5.41) is 15.4. The van der Waals surface area contributed by atoms with Gasteiger partial charge in [0.1, 0.15) is 9.89 Å². The Bertz CT molecular complexity index is 817. The first kappa shape index (κ1) is 16.1. The lowest BCUT2D eigenvalue weighted by Gasteiger charge is -1.90. The molecule has 1 aromatic carbocycles. The Morgan fingerprint density at radius 2 is 2.19 bits per heavy atom. The lowest BCUT2D eigenvalue weighted by atomic mass is 10.3. The van der Waals surface area contributed by atoms with Crippen molar-refractivity contribution in [3.05, 3.63) is 48.1 Å². The number of hydrogen-bond acceptors (Lipinski definition) is 4. The summed E-state index contributed by atoms with van der Waals surface area (Å²) >= 11 is 5.26. The quantitative estimate of drug-likeness (QED) is 0.897. The topological polar surface area (TPSA) is 56.0 Å². The van der Waals surface area contributed by atoms with Gasteiger partial charge < -0.3 is 9.94 Å². The monoisotopic (exact) mass is 369 g/mol. The molecule has 4 nitrogen and oxygen atoms in total. The number of hydrogen-bond donors (Lipinski definition) is 1. The van der Waals surface area contributed by atoms with Crippen LogP contribution in [0.5, 0.6) is 0 Å². The zero-order valence-electron chi connectivity index (χ0n) is 12.0. The van der Waals surface area contributed by atoms with Gasteiger partial charge in [0.15, 0.2) is 6.26 Å². The second-order valence-corrected chi connectivity index (χ2v) is 6.49. The summed E-state index contributed by atoms with van der Waals surface area (Å²) in [5.74, 6) is 0. The number of halogens is 1. The third kappa shape index (κ3) is 3.70. The van der Waals surface area contributed by atoms with Crippen molar-refractivity contribution in [2.75, 3.05) is 7.11 Å². The van der Waals surface area contributed by atoms with Crippen molar-refractivity contribution >= 4 is 33.5 Å². The van der Waals surface area contributed by atoms with Crippen molar-refractivity contribution in [3.63, 3.8) is 0 Å². The van der Waals surface area contributed by atoms with E-state index in [4.69, 9.17) is 9.94 Å². The first-order chi connectivity index (χ1) is 10.3. The van der Waals surface area contributed by atoms with Crippen molar-refractivity contribution in [2.45, 2.75) is 26.2 Å². The number of aromatic amines is 1. The zero-order valence-corrected chi connectivity index (χ0v) is 14.4. The van der Waals surface area contributed by atoms with Crippen LogP contribution < -0.4 is 15.7 Å². The molecule has 2 aromatic rings. The molecule has 0 amide bonds. The molecule has 1 aliphatic heterocycles. The Morgan fingerprint density at radius 1 is 1.38 bits per heavy atom. The number of nitrogens with zero attached hydrogens (tertiary/aromatic N) is 1. The van der Waals surface area contributed by atoms with Crippen LogP contribution in [0.1, 0.15) is 24.8 Å². The molecule has 0 spiro atoms. The molecular formula is C15H18BrN2O2S+. The number of H-pyrrole nitrogens is 1. The van der Waals surface area contributed by atoms with Gasteiger partial charge in [-0.2, -0.15) is 4.98 Å². The maximum absolute atomic E-state index is 7.00. The molecule has 0 saturated heterocycles. The van der Waals surface area contributed by atoms with Gasteiger partial charge in [-0.25, -0.2) is 0 Å². The highest BCUT2D eigenvalue weighted by molar-refractivity contribution is 9.10. The Labute approximate surface area is 135 Å². The Hall–Kier alpha value is -1.24. The second kappa shape index (κ2) is 7.68. The summed E-state index contributed by atoms with van der Waals surface area (Å²) in [4.78, 5) is 8.70. The number of unbranched alkanes of at least 4 members (excludes halogenated alkanes) is 1. The maximum atomic E-state index is 7.00. The number of benzene rings is 1. The van der Waals surface area contributed by atoms with E-state index in [0.717, 1.165) is 33.9 Å². The van der Waals surface area contributed by atoms with Crippen molar-refractivity contribution < 1.29 is 14.9 Å². The largest absolute Gasteiger partial charge is 0.400 e. The van der Waals surface area contributed by atoms with E-state index in [1.807, 2.05) is 12.1 Å². The summed E-state index contributed by atoms with van der Waals surface area (Å²) in [6.45, 7) is 2.21. The molecule has 1 aliphatic rings. The minimum Gasteiger partial charge on any atom is -0.400 e. The molecule has 1 aromatic heterocycles. The fourth-order valence-electron chi connectivity index (χ4n) is 2.05. The average molecular weight is 370 g/mol. The van der Waals surface area contributed by atoms with E-state index >= 15 is 0 Å². The van der Waals surface area contributed by atoms with Gasteiger partial charge in [-0.05, 0) is 24.6 Å². The van der Waals surface area contributed by atoms with E-state index in [-0.39, 0.29) is 0 Å². The van der Waals surface area contributed by atoms with Crippen molar-refractivity contribution in [1.82, 2.24) is 0 Å². The summed E-state index contributed by atoms with van der Waals surface area (Å²) in [7, 11) is 1.00. The molecule has 6 heteroatoms. The van der Waals surface area contributed by atoms with Crippen LogP contribution in [-0.4, -0.2) is 12.2 Å². The fraction of sp³-hybridized carbons (Fsp3) is 0.333. The van der Waals surface area contributed by atoms with Crippen LogP contribution in [-0.2, 0) is 11.3 Å². The predicted octanol–water partition coefficient (Wildman–Crippen LogP) is 1.87. The van der Waals surface area contributed by atoms with E-state index in [1.165, 1.54) is 22.4 Å². The van der Waals surface area contributed by atoms with Crippen molar-refractivity contribution in [1.29, 1.82) is 0 Å². The van der Waals surface area contributed by atoms with Crippen LogP contribution in [0.3, 0.4) is 0 Å². The third-order valence-corrected chi connectivity index (χ3v) is 4.72. The predicted molar refractivity (Wildman–Crippen MR) is 85.8 cm³/mol. The molecule has 112 valence electrons. The number of thiazole rings is 1. The molecule has 0 aliphatic carbocycles.